The number of ether oxygens (including phenoxy) is 1. The van der Waals surface area contributed by atoms with Crippen LogP contribution >= 0.6 is 0 Å². The normalized spacial score (nSPS) is 9.91. The lowest BCUT2D eigenvalue weighted by atomic mass is 10.2. The molecule has 0 aliphatic carbocycles. The lowest BCUT2D eigenvalue weighted by molar-refractivity contribution is 0.202. The average Bonchev–Trinajstić information content (AvgIpc) is 2.03. The quantitative estimate of drug-likeness (QED) is 0.698. The molecule has 1 aromatic rings. The average molecular weight is 152 g/mol. The molecule has 0 radical (unpaired) electrons. The monoisotopic (exact) mass is 152 g/mol. The zero-order valence-corrected chi connectivity index (χ0v) is 6.58. The van der Waals surface area contributed by atoms with Crippen LogP contribution in [0.5, 0.6) is 0 Å². The molecule has 1 heterocycles. The predicted octanol–water partition coefficient (Wildman–Crippen LogP) is 0.853. The number of anilines is 1. The Bertz CT molecular complexity index is 225. The topological polar surface area (TPSA) is 48.1 Å². The van der Waals surface area contributed by atoms with Gasteiger partial charge < -0.3 is 10.5 Å². The van der Waals surface area contributed by atoms with Crippen molar-refractivity contribution in [2.45, 2.75) is 6.42 Å². The number of hydrogen-bond acceptors (Lipinski definition) is 3. The molecule has 0 aliphatic heterocycles. The van der Waals surface area contributed by atoms with Gasteiger partial charge in [-0.25, -0.2) is 0 Å². The molecular weight excluding hydrogens is 140 g/mol. The van der Waals surface area contributed by atoms with Crippen LogP contribution in [0.3, 0.4) is 0 Å². The van der Waals surface area contributed by atoms with Crippen LogP contribution in [0, 0.1) is 0 Å². The summed E-state index contributed by atoms with van der Waals surface area (Å²) in [5.74, 6) is 0. The predicted molar refractivity (Wildman–Crippen MR) is 44.2 cm³/mol. The maximum atomic E-state index is 5.67. The number of methoxy groups -OCH3 is 1. The highest BCUT2D eigenvalue weighted by Crippen LogP contribution is 2.08. The third-order valence-corrected chi connectivity index (χ3v) is 1.52. The van der Waals surface area contributed by atoms with Crippen molar-refractivity contribution in [3.8, 4) is 0 Å². The van der Waals surface area contributed by atoms with Gasteiger partial charge in [0.05, 0.1) is 6.61 Å². The Kier molecular flexibility index (Phi) is 2.86. The van der Waals surface area contributed by atoms with Gasteiger partial charge in [-0.05, 0) is 18.1 Å². The summed E-state index contributed by atoms with van der Waals surface area (Å²) in [5.41, 5.74) is 7.51. The maximum absolute atomic E-state index is 5.67. The Labute approximate surface area is 66.2 Å². The van der Waals surface area contributed by atoms with E-state index in [0.717, 1.165) is 17.7 Å². The molecule has 0 amide bonds. The zero-order chi connectivity index (χ0) is 8.10. The molecule has 2 N–H and O–H groups in total. The summed E-state index contributed by atoms with van der Waals surface area (Å²) in [6.45, 7) is 0.690. The van der Waals surface area contributed by atoms with E-state index < -0.39 is 0 Å². The minimum Gasteiger partial charge on any atom is -0.398 e. The fraction of sp³-hybridized carbons (Fsp3) is 0.375. The third kappa shape index (κ3) is 2.20. The Balaban J connectivity index is 2.62. The first-order chi connectivity index (χ1) is 5.34. The highest BCUT2D eigenvalue weighted by molar-refractivity contribution is 5.44. The van der Waals surface area contributed by atoms with Gasteiger partial charge in [0.2, 0.25) is 0 Å². The summed E-state index contributed by atoms with van der Waals surface area (Å²) in [4.78, 5) is 3.96. The van der Waals surface area contributed by atoms with Gasteiger partial charge in [-0.2, -0.15) is 0 Å². The summed E-state index contributed by atoms with van der Waals surface area (Å²) in [6, 6.07) is 1.80. The van der Waals surface area contributed by atoms with Crippen LogP contribution in [-0.2, 0) is 11.2 Å². The van der Waals surface area contributed by atoms with Crippen LogP contribution in [0.1, 0.15) is 5.56 Å². The molecule has 0 spiro atoms. The van der Waals surface area contributed by atoms with Crippen molar-refractivity contribution < 1.29 is 4.74 Å². The lowest BCUT2D eigenvalue weighted by Crippen LogP contribution is -1.99. The van der Waals surface area contributed by atoms with Crippen molar-refractivity contribution in [3.63, 3.8) is 0 Å². The molecule has 0 aliphatic rings. The summed E-state index contributed by atoms with van der Waals surface area (Å²) in [7, 11) is 1.67. The zero-order valence-electron chi connectivity index (χ0n) is 6.58. The number of nitrogens with two attached hydrogens (primary N) is 1. The second-order valence-electron chi connectivity index (χ2n) is 2.32. The van der Waals surface area contributed by atoms with Gasteiger partial charge in [0.25, 0.3) is 0 Å². The molecule has 11 heavy (non-hydrogen) atoms. The van der Waals surface area contributed by atoms with Crippen molar-refractivity contribution >= 4 is 5.69 Å². The van der Waals surface area contributed by atoms with Gasteiger partial charge in [-0.15, -0.1) is 0 Å². The van der Waals surface area contributed by atoms with Gasteiger partial charge in [-0.1, -0.05) is 0 Å². The maximum Gasteiger partial charge on any atom is 0.0504 e. The SMILES string of the molecule is COCCc1cnccc1N. The van der Waals surface area contributed by atoms with Crippen molar-refractivity contribution in [1.82, 2.24) is 4.98 Å². The van der Waals surface area contributed by atoms with E-state index in [0.29, 0.717) is 6.61 Å². The van der Waals surface area contributed by atoms with Crippen LogP contribution in [0.4, 0.5) is 5.69 Å². The van der Waals surface area contributed by atoms with E-state index in [9.17, 15) is 0 Å². The van der Waals surface area contributed by atoms with Gasteiger partial charge in [-0.3, -0.25) is 4.98 Å². The number of pyridine rings is 1. The molecule has 1 rings (SSSR count). The number of hydrogen-bond donors (Lipinski definition) is 1. The van der Waals surface area contributed by atoms with Crippen molar-refractivity contribution in [2.24, 2.45) is 0 Å². The lowest BCUT2D eigenvalue weighted by Gasteiger charge is -2.02. The van der Waals surface area contributed by atoms with E-state index in [-0.39, 0.29) is 0 Å². The highest BCUT2D eigenvalue weighted by atomic mass is 16.5. The number of nitrogens with zero attached hydrogens (tertiary/aromatic N) is 1. The van der Waals surface area contributed by atoms with Crippen LogP contribution in [0.25, 0.3) is 0 Å². The van der Waals surface area contributed by atoms with Crippen LogP contribution in [0.2, 0.25) is 0 Å². The minimum absolute atomic E-state index is 0.690. The molecule has 0 saturated heterocycles. The van der Waals surface area contributed by atoms with Crippen LogP contribution in [-0.4, -0.2) is 18.7 Å². The van der Waals surface area contributed by atoms with E-state index in [1.807, 2.05) is 0 Å². The standard InChI is InChI=1S/C8H12N2O/c1-11-5-3-7-6-10-4-2-8(7)9/h2,4,6H,3,5H2,1H3,(H2,9,10). The van der Waals surface area contributed by atoms with Crippen molar-refractivity contribution in [2.75, 3.05) is 19.5 Å². The Hall–Kier alpha value is -1.09. The van der Waals surface area contributed by atoms with E-state index in [1.54, 1.807) is 25.6 Å². The van der Waals surface area contributed by atoms with Gasteiger partial charge in [0.1, 0.15) is 0 Å². The van der Waals surface area contributed by atoms with Crippen LogP contribution < -0.4 is 5.73 Å². The molecule has 0 atom stereocenters. The summed E-state index contributed by atoms with van der Waals surface area (Å²) >= 11 is 0. The molecule has 1 aromatic heterocycles. The molecule has 0 bridgehead atoms. The minimum atomic E-state index is 0.690. The van der Waals surface area contributed by atoms with E-state index in [1.165, 1.54) is 0 Å². The van der Waals surface area contributed by atoms with Gasteiger partial charge in [0, 0.05) is 25.2 Å². The molecule has 0 saturated carbocycles. The molecule has 0 unspecified atom stereocenters. The summed E-state index contributed by atoms with van der Waals surface area (Å²) in [6.07, 6.45) is 4.29. The molecule has 60 valence electrons. The fourth-order valence-electron chi connectivity index (χ4n) is 0.859. The smallest absolute Gasteiger partial charge is 0.0504 e. The fourth-order valence-corrected chi connectivity index (χ4v) is 0.859. The van der Waals surface area contributed by atoms with E-state index >= 15 is 0 Å². The van der Waals surface area contributed by atoms with Crippen molar-refractivity contribution in [1.29, 1.82) is 0 Å². The Morgan fingerprint density at radius 1 is 1.64 bits per heavy atom. The number of rotatable bonds is 3. The first-order valence-electron chi connectivity index (χ1n) is 3.52. The molecule has 0 aromatic carbocycles. The Morgan fingerprint density at radius 3 is 3.09 bits per heavy atom. The summed E-state index contributed by atoms with van der Waals surface area (Å²) < 4.78 is 4.92. The number of nitrogen functional groups attached to an aromatic ring is 1. The highest BCUT2D eigenvalue weighted by Gasteiger charge is 1.96. The second-order valence-corrected chi connectivity index (χ2v) is 2.32. The van der Waals surface area contributed by atoms with Gasteiger partial charge >= 0.3 is 0 Å². The molecule has 3 heteroatoms. The first kappa shape index (κ1) is 8.01. The molecular formula is C8H12N2O. The van der Waals surface area contributed by atoms with Crippen molar-refractivity contribution in [3.05, 3.63) is 24.0 Å². The molecule has 0 fully saturated rings. The largest absolute Gasteiger partial charge is 0.398 e. The van der Waals surface area contributed by atoms with Gasteiger partial charge in [0.15, 0.2) is 0 Å². The Morgan fingerprint density at radius 2 is 2.45 bits per heavy atom. The second kappa shape index (κ2) is 3.93. The molecule has 3 nitrogen and oxygen atoms in total. The summed E-state index contributed by atoms with van der Waals surface area (Å²) in [5, 5.41) is 0. The number of aromatic nitrogens is 1. The van der Waals surface area contributed by atoms with E-state index in [2.05, 4.69) is 4.98 Å². The first-order valence-corrected chi connectivity index (χ1v) is 3.52. The van der Waals surface area contributed by atoms with E-state index in [4.69, 9.17) is 10.5 Å². The third-order valence-electron chi connectivity index (χ3n) is 1.52. The van der Waals surface area contributed by atoms with Crippen LogP contribution in [0.15, 0.2) is 18.5 Å².